The van der Waals surface area contributed by atoms with E-state index in [0.29, 0.717) is 12.2 Å². The lowest BCUT2D eigenvalue weighted by atomic mass is 9.88. The van der Waals surface area contributed by atoms with Gasteiger partial charge in [0.05, 0.1) is 0 Å². The number of hydrogen-bond acceptors (Lipinski definition) is 1. The van der Waals surface area contributed by atoms with E-state index in [0.717, 1.165) is 12.8 Å². The summed E-state index contributed by atoms with van der Waals surface area (Å²) >= 11 is 0. The van der Waals surface area contributed by atoms with Gasteiger partial charge in [-0.25, -0.2) is 0 Å². The summed E-state index contributed by atoms with van der Waals surface area (Å²) in [6.07, 6.45) is 2.41. The molecule has 0 aromatic rings. The molecule has 0 amide bonds. The van der Waals surface area contributed by atoms with Crippen molar-refractivity contribution in [2.24, 2.45) is 5.41 Å². The predicted octanol–water partition coefficient (Wildman–Crippen LogP) is 2.80. The lowest BCUT2D eigenvalue weighted by molar-refractivity contribution is -0.126. The average Bonchev–Trinajstić information content (AvgIpc) is 1.96. The van der Waals surface area contributed by atoms with E-state index in [4.69, 9.17) is 0 Å². The molecular formula is C11H18O. The summed E-state index contributed by atoms with van der Waals surface area (Å²) in [4.78, 5) is 11.4. The Labute approximate surface area is 75.5 Å². The zero-order chi connectivity index (χ0) is 9.61. The molecule has 0 bridgehead atoms. The molecule has 0 aliphatic heterocycles. The second kappa shape index (κ2) is 4.98. The summed E-state index contributed by atoms with van der Waals surface area (Å²) in [6, 6.07) is 0. The summed E-state index contributed by atoms with van der Waals surface area (Å²) in [7, 11) is 0. The Kier molecular flexibility index (Phi) is 4.66. The molecule has 0 aromatic heterocycles. The van der Waals surface area contributed by atoms with Gasteiger partial charge in [-0.2, -0.15) is 0 Å². The van der Waals surface area contributed by atoms with Crippen LogP contribution in [0.1, 0.15) is 47.0 Å². The zero-order valence-corrected chi connectivity index (χ0v) is 8.53. The number of ketones is 1. The third kappa shape index (κ3) is 4.96. The van der Waals surface area contributed by atoms with E-state index in [1.807, 2.05) is 27.7 Å². The van der Waals surface area contributed by atoms with E-state index < -0.39 is 0 Å². The van der Waals surface area contributed by atoms with Crippen LogP contribution in [0.15, 0.2) is 0 Å². The number of carbonyl (C=O) groups is 1. The first kappa shape index (κ1) is 11.2. The van der Waals surface area contributed by atoms with Gasteiger partial charge in [-0.15, -0.1) is 11.8 Å². The second-order valence-electron chi connectivity index (χ2n) is 3.95. The Morgan fingerprint density at radius 2 is 1.92 bits per heavy atom. The van der Waals surface area contributed by atoms with Crippen LogP contribution < -0.4 is 0 Å². The Morgan fingerprint density at radius 1 is 1.33 bits per heavy atom. The van der Waals surface area contributed by atoms with Gasteiger partial charge in [0.2, 0.25) is 0 Å². The van der Waals surface area contributed by atoms with Crippen molar-refractivity contribution in [3.05, 3.63) is 0 Å². The van der Waals surface area contributed by atoms with Gasteiger partial charge < -0.3 is 0 Å². The molecule has 0 spiro atoms. The molecule has 0 atom stereocenters. The van der Waals surface area contributed by atoms with Crippen molar-refractivity contribution in [1.82, 2.24) is 0 Å². The Bertz CT molecular complexity index is 197. The Hall–Kier alpha value is -0.770. The third-order valence-corrected chi connectivity index (χ3v) is 1.72. The SMILES string of the molecule is CC#CCCCC(=O)C(C)(C)C. The highest BCUT2D eigenvalue weighted by atomic mass is 16.1. The molecule has 0 heterocycles. The Balaban J connectivity index is 3.63. The van der Waals surface area contributed by atoms with Crippen LogP contribution in [-0.2, 0) is 4.79 Å². The van der Waals surface area contributed by atoms with Crippen LogP contribution in [0.3, 0.4) is 0 Å². The van der Waals surface area contributed by atoms with Gasteiger partial charge in [0.1, 0.15) is 5.78 Å². The molecule has 0 saturated carbocycles. The predicted molar refractivity (Wildman–Crippen MR) is 51.8 cm³/mol. The van der Waals surface area contributed by atoms with E-state index in [9.17, 15) is 4.79 Å². The van der Waals surface area contributed by atoms with Gasteiger partial charge in [0.15, 0.2) is 0 Å². The standard InChI is InChI=1S/C11H18O/c1-5-6-7-8-9-10(12)11(2,3)4/h7-9H2,1-4H3. The lowest BCUT2D eigenvalue weighted by Crippen LogP contribution is -2.19. The largest absolute Gasteiger partial charge is 0.299 e. The van der Waals surface area contributed by atoms with Crippen molar-refractivity contribution in [3.63, 3.8) is 0 Å². The fourth-order valence-electron chi connectivity index (χ4n) is 0.837. The molecule has 0 N–H and O–H groups in total. The number of rotatable bonds is 3. The first-order valence-corrected chi connectivity index (χ1v) is 4.41. The average molecular weight is 166 g/mol. The van der Waals surface area contributed by atoms with Crippen molar-refractivity contribution in [3.8, 4) is 11.8 Å². The summed E-state index contributed by atoms with van der Waals surface area (Å²) in [6.45, 7) is 7.70. The molecule has 68 valence electrons. The molecule has 0 aliphatic rings. The minimum Gasteiger partial charge on any atom is -0.299 e. The van der Waals surface area contributed by atoms with Gasteiger partial charge in [-0.3, -0.25) is 4.79 Å². The minimum absolute atomic E-state index is 0.181. The third-order valence-electron chi connectivity index (χ3n) is 1.72. The molecule has 12 heavy (non-hydrogen) atoms. The fraction of sp³-hybridized carbons (Fsp3) is 0.727. The zero-order valence-electron chi connectivity index (χ0n) is 8.53. The van der Waals surface area contributed by atoms with Gasteiger partial charge in [-0.1, -0.05) is 20.8 Å². The topological polar surface area (TPSA) is 17.1 Å². The van der Waals surface area contributed by atoms with E-state index in [-0.39, 0.29) is 5.41 Å². The number of unbranched alkanes of at least 4 members (excludes halogenated alkanes) is 1. The van der Waals surface area contributed by atoms with Crippen LogP contribution in [0, 0.1) is 17.3 Å². The maximum absolute atomic E-state index is 11.4. The van der Waals surface area contributed by atoms with Gasteiger partial charge in [0, 0.05) is 18.3 Å². The number of Topliss-reactive ketones (excluding diaryl/α,β-unsaturated/α-hetero) is 1. The van der Waals surface area contributed by atoms with Crippen LogP contribution >= 0.6 is 0 Å². The monoisotopic (exact) mass is 166 g/mol. The maximum atomic E-state index is 11.4. The summed E-state index contributed by atoms with van der Waals surface area (Å²) in [5.41, 5.74) is -0.181. The highest BCUT2D eigenvalue weighted by molar-refractivity contribution is 5.83. The van der Waals surface area contributed by atoms with E-state index >= 15 is 0 Å². The highest BCUT2D eigenvalue weighted by Gasteiger charge is 2.19. The summed E-state index contributed by atoms with van der Waals surface area (Å²) < 4.78 is 0. The van der Waals surface area contributed by atoms with Crippen molar-refractivity contribution < 1.29 is 4.79 Å². The van der Waals surface area contributed by atoms with Crippen molar-refractivity contribution in [1.29, 1.82) is 0 Å². The molecule has 0 fully saturated rings. The Morgan fingerprint density at radius 3 is 2.33 bits per heavy atom. The molecule has 0 rings (SSSR count). The van der Waals surface area contributed by atoms with Crippen molar-refractivity contribution >= 4 is 5.78 Å². The van der Waals surface area contributed by atoms with Crippen LogP contribution in [0.4, 0.5) is 0 Å². The molecule has 0 aromatic carbocycles. The normalized spacial score (nSPS) is 10.3. The van der Waals surface area contributed by atoms with Gasteiger partial charge in [-0.05, 0) is 13.3 Å². The van der Waals surface area contributed by atoms with E-state index in [1.165, 1.54) is 0 Å². The summed E-state index contributed by atoms with van der Waals surface area (Å²) in [5, 5.41) is 0. The lowest BCUT2D eigenvalue weighted by Gasteiger charge is -2.15. The first-order chi connectivity index (χ1) is 5.48. The smallest absolute Gasteiger partial charge is 0.138 e. The molecule has 1 heteroatoms. The molecule has 1 nitrogen and oxygen atoms in total. The fourth-order valence-corrected chi connectivity index (χ4v) is 0.837. The number of carbonyl (C=O) groups excluding carboxylic acids is 1. The summed E-state index contributed by atoms with van der Waals surface area (Å²) in [5.74, 6) is 6.11. The molecule has 0 radical (unpaired) electrons. The molecule has 0 unspecified atom stereocenters. The van der Waals surface area contributed by atoms with Crippen LogP contribution in [0.2, 0.25) is 0 Å². The van der Waals surface area contributed by atoms with Crippen LogP contribution in [0.25, 0.3) is 0 Å². The van der Waals surface area contributed by atoms with Crippen molar-refractivity contribution in [2.45, 2.75) is 47.0 Å². The molecule has 0 aliphatic carbocycles. The quantitative estimate of drug-likeness (QED) is 0.465. The van der Waals surface area contributed by atoms with Crippen LogP contribution in [-0.4, -0.2) is 5.78 Å². The van der Waals surface area contributed by atoms with Crippen LogP contribution in [0.5, 0.6) is 0 Å². The van der Waals surface area contributed by atoms with Crippen molar-refractivity contribution in [2.75, 3.05) is 0 Å². The van der Waals surface area contributed by atoms with E-state index in [2.05, 4.69) is 11.8 Å². The molecule has 0 saturated heterocycles. The highest BCUT2D eigenvalue weighted by Crippen LogP contribution is 2.17. The van der Waals surface area contributed by atoms with E-state index in [1.54, 1.807) is 0 Å². The first-order valence-electron chi connectivity index (χ1n) is 4.41. The maximum Gasteiger partial charge on any atom is 0.138 e. The second-order valence-corrected chi connectivity index (χ2v) is 3.95. The van der Waals surface area contributed by atoms with Gasteiger partial charge in [0.25, 0.3) is 0 Å². The minimum atomic E-state index is -0.181. The molecular weight excluding hydrogens is 148 g/mol. The van der Waals surface area contributed by atoms with Gasteiger partial charge >= 0.3 is 0 Å². The number of hydrogen-bond donors (Lipinski definition) is 0.